The van der Waals surface area contributed by atoms with Gasteiger partial charge in [-0.05, 0) is 43.7 Å². The summed E-state index contributed by atoms with van der Waals surface area (Å²) in [5.41, 5.74) is 1.14. The van der Waals surface area contributed by atoms with Crippen LogP contribution in [0.5, 0.6) is 5.75 Å². The van der Waals surface area contributed by atoms with E-state index in [-0.39, 0.29) is 6.61 Å². The lowest BCUT2D eigenvalue weighted by atomic mass is 10.2. The van der Waals surface area contributed by atoms with E-state index in [1.54, 1.807) is 51.2 Å². The molecule has 2 aromatic carbocycles. The minimum absolute atomic E-state index is 0.109. The highest BCUT2D eigenvalue weighted by Crippen LogP contribution is 2.32. The van der Waals surface area contributed by atoms with E-state index in [4.69, 9.17) is 10.00 Å². The number of nitrogens with zero attached hydrogens (tertiary/aromatic N) is 4. The maximum atomic E-state index is 14.1. The summed E-state index contributed by atoms with van der Waals surface area (Å²) in [6.07, 6.45) is -1.18. The number of hydrogen-bond donors (Lipinski definition) is 2. The molecule has 34 heavy (non-hydrogen) atoms. The zero-order chi connectivity index (χ0) is 24.6. The first-order chi connectivity index (χ1) is 16.2. The predicted molar refractivity (Wildman–Crippen MR) is 122 cm³/mol. The molecule has 1 unspecified atom stereocenters. The summed E-state index contributed by atoms with van der Waals surface area (Å²) in [4.78, 5) is 27.0. The van der Waals surface area contributed by atoms with Gasteiger partial charge in [0.15, 0.2) is 11.9 Å². The third-order valence-electron chi connectivity index (χ3n) is 5.68. The van der Waals surface area contributed by atoms with Crippen LogP contribution in [0.1, 0.15) is 27.3 Å². The molecular weight excluding hydrogens is 441 g/mol. The van der Waals surface area contributed by atoms with E-state index in [0.717, 1.165) is 0 Å². The van der Waals surface area contributed by atoms with E-state index >= 15 is 0 Å². The summed E-state index contributed by atoms with van der Waals surface area (Å²) in [6.45, 7) is 3.14. The van der Waals surface area contributed by atoms with Crippen molar-refractivity contribution in [3.8, 4) is 17.5 Å². The number of amides is 1. The second kappa shape index (κ2) is 8.96. The number of ether oxygens (including phenoxy) is 1. The molecule has 0 spiro atoms. The van der Waals surface area contributed by atoms with Crippen molar-refractivity contribution in [2.45, 2.75) is 26.1 Å². The molecule has 2 atom stereocenters. The van der Waals surface area contributed by atoms with Crippen LogP contribution < -0.4 is 20.4 Å². The molecule has 0 bridgehead atoms. The summed E-state index contributed by atoms with van der Waals surface area (Å²) >= 11 is 0. The number of aliphatic hydroxyl groups is 1. The highest BCUT2D eigenvalue weighted by atomic mass is 19.1. The van der Waals surface area contributed by atoms with Gasteiger partial charge in [-0.25, -0.2) is 9.07 Å². The Morgan fingerprint density at radius 1 is 1.26 bits per heavy atom. The van der Waals surface area contributed by atoms with E-state index in [0.29, 0.717) is 33.9 Å². The number of anilines is 1. The van der Waals surface area contributed by atoms with Gasteiger partial charge in [-0.2, -0.15) is 10.4 Å². The molecule has 9 nitrogen and oxygen atoms in total. The molecule has 0 fully saturated rings. The van der Waals surface area contributed by atoms with Gasteiger partial charge < -0.3 is 20.1 Å². The lowest BCUT2D eigenvalue weighted by Crippen LogP contribution is -2.53. The van der Waals surface area contributed by atoms with Crippen LogP contribution in [0.4, 0.5) is 10.1 Å². The number of rotatable bonds is 3. The van der Waals surface area contributed by atoms with Crippen LogP contribution in [-0.2, 0) is 0 Å². The van der Waals surface area contributed by atoms with E-state index < -0.39 is 35.1 Å². The topological polar surface area (TPSA) is 120 Å². The van der Waals surface area contributed by atoms with E-state index in [2.05, 4.69) is 10.4 Å². The summed E-state index contributed by atoms with van der Waals surface area (Å²) in [7, 11) is 1.62. The number of aryl methyl sites for hydroxylation is 2. The standard InChI is InChI=1S/C24H22FN5O4/c1-13-4-6-16(10-17(13)25)30-14(2)8-20(31)22(28-30)23(32)27-18-12-34-21-9-15(11-26)5-7-19(21)29(3)24(18)33/h4-10,18,24,33H,12H2,1-3H3,(H,27,32)/t18-,24?/m0/s1. The van der Waals surface area contributed by atoms with Crippen LogP contribution >= 0.6 is 0 Å². The van der Waals surface area contributed by atoms with Crippen molar-refractivity contribution in [1.82, 2.24) is 15.1 Å². The molecule has 2 heterocycles. The molecule has 0 aliphatic carbocycles. The number of halogens is 1. The van der Waals surface area contributed by atoms with Crippen LogP contribution in [0.3, 0.4) is 0 Å². The van der Waals surface area contributed by atoms with Gasteiger partial charge in [-0.1, -0.05) is 6.07 Å². The number of carbonyl (C=O) groups is 1. The Labute approximate surface area is 194 Å². The van der Waals surface area contributed by atoms with Gasteiger partial charge in [0.05, 0.1) is 23.0 Å². The van der Waals surface area contributed by atoms with E-state index in [1.807, 2.05) is 6.07 Å². The second-order valence-electron chi connectivity index (χ2n) is 8.05. The Kier molecular flexibility index (Phi) is 6.04. The number of nitriles is 1. The summed E-state index contributed by atoms with van der Waals surface area (Å²) in [6, 6.07) is 11.6. The third-order valence-corrected chi connectivity index (χ3v) is 5.68. The maximum Gasteiger partial charge on any atom is 0.276 e. The molecule has 1 aliphatic heterocycles. The Balaban J connectivity index is 1.62. The number of hydrogen-bond acceptors (Lipinski definition) is 7. The predicted octanol–water partition coefficient (Wildman–Crippen LogP) is 1.81. The molecule has 4 rings (SSSR count). The monoisotopic (exact) mass is 463 g/mol. The van der Waals surface area contributed by atoms with Crippen molar-refractivity contribution >= 4 is 11.6 Å². The van der Waals surface area contributed by atoms with Crippen molar-refractivity contribution in [1.29, 1.82) is 5.26 Å². The zero-order valence-corrected chi connectivity index (χ0v) is 18.7. The molecule has 10 heteroatoms. The van der Waals surface area contributed by atoms with Crippen LogP contribution in [0.25, 0.3) is 5.69 Å². The van der Waals surface area contributed by atoms with Crippen molar-refractivity contribution in [2.75, 3.05) is 18.6 Å². The van der Waals surface area contributed by atoms with Gasteiger partial charge in [0.2, 0.25) is 5.43 Å². The average Bonchev–Trinajstić information content (AvgIpc) is 2.92. The van der Waals surface area contributed by atoms with Gasteiger partial charge >= 0.3 is 0 Å². The van der Waals surface area contributed by atoms with Crippen molar-refractivity contribution < 1.29 is 19.0 Å². The lowest BCUT2D eigenvalue weighted by molar-refractivity contribution is 0.0765. The average molecular weight is 463 g/mol. The molecular formula is C24H22FN5O4. The van der Waals surface area contributed by atoms with Crippen LogP contribution in [0, 0.1) is 31.0 Å². The highest BCUT2D eigenvalue weighted by Gasteiger charge is 2.32. The third kappa shape index (κ3) is 4.21. The van der Waals surface area contributed by atoms with Crippen LogP contribution in [-0.4, -0.2) is 46.7 Å². The molecule has 0 saturated heterocycles. The normalized spacial score (nSPS) is 17.2. The molecule has 1 amide bonds. The molecule has 1 aromatic heterocycles. The first-order valence-electron chi connectivity index (χ1n) is 10.5. The summed E-state index contributed by atoms with van der Waals surface area (Å²) < 4.78 is 21.1. The largest absolute Gasteiger partial charge is 0.489 e. The minimum Gasteiger partial charge on any atom is -0.489 e. The van der Waals surface area contributed by atoms with E-state index in [1.165, 1.54) is 21.7 Å². The fourth-order valence-corrected chi connectivity index (χ4v) is 3.70. The Morgan fingerprint density at radius 2 is 2.03 bits per heavy atom. The van der Waals surface area contributed by atoms with Crippen LogP contribution in [0.15, 0.2) is 47.3 Å². The summed E-state index contributed by atoms with van der Waals surface area (Å²) in [5, 5.41) is 26.7. The van der Waals surface area contributed by atoms with Gasteiger partial charge in [-0.3, -0.25) is 9.59 Å². The number of carbonyl (C=O) groups excluding carboxylic acids is 1. The Morgan fingerprint density at radius 3 is 2.74 bits per heavy atom. The number of nitrogens with one attached hydrogen (secondary N) is 1. The smallest absolute Gasteiger partial charge is 0.276 e. The second-order valence-corrected chi connectivity index (χ2v) is 8.05. The van der Waals surface area contributed by atoms with Crippen LogP contribution in [0.2, 0.25) is 0 Å². The molecule has 0 radical (unpaired) electrons. The molecule has 0 saturated carbocycles. The Bertz CT molecular complexity index is 1380. The molecule has 2 N–H and O–H groups in total. The highest BCUT2D eigenvalue weighted by molar-refractivity contribution is 5.92. The number of fused-ring (bicyclic) bond motifs is 1. The van der Waals surface area contributed by atoms with Crippen molar-refractivity contribution in [3.05, 3.63) is 81.0 Å². The minimum atomic E-state index is -1.18. The molecule has 1 aliphatic rings. The number of aliphatic hydroxyl groups excluding tert-OH is 1. The maximum absolute atomic E-state index is 14.1. The fraction of sp³-hybridized carbons (Fsp3) is 0.250. The number of likely N-dealkylation sites (N-methyl/N-ethyl adjacent to an activating group) is 1. The summed E-state index contributed by atoms with van der Waals surface area (Å²) in [5.74, 6) is -0.866. The molecule has 174 valence electrons. The van der Waals surface area contributed by atoms with Gasteiger partial charge in [0.1, 0.15) is 24.2 Å². The van der Waals surface area contributed by atoms with Gasteiger partial charge in [-0.15, -0.1) is 0 Å². The Hall–Kier alpha value is -4.23. The SMILES string of the molecule is Cc1ccc(-n2nc(C(=O)N[C@H]3COc4cc(C#N)ccc4N(C)C3O)c(=O)cc2C)cc1F. The first-order valence-corrected chi connectivity index (χ1v) is 10.5. The number of aromatic nitrogens is 2. The lowest BCUT2D eigenvalue weighted by Gasteiger charge is -2.29. The number of benzene rings is 2. The quantitative estimate of drug-likeness (QED) is 0.608. The zero-order valence-electron chi connectivity index (χ0n) is 18.7. The van der Waals surface area contributed by atoms with Crippen molar-refractivity contribution in [2.24, 2.45) is 0 Å². The van der Waals surface area contributed by atoms with E-state index in [9.17, 15) is 19.1 Å². The van der Waals surface area contributed by atoms with Crippen molar-refractivity contribution in [3.63, 3.8) is 0 Å². The first kappa shape index (κ1) is 22.9. The molecule has 3 aromatic rings. The fourth-order valence-electron chi connectivity index (χ4n) is 3.70. The van der Waals surface area contributed by atoms with Gasteiger partial charge in [0, 0.05) is 24.9 Å². The van der Waals surface area contributed by atoms with Gasteiger partial charge in [0.25, 0.3) is 5.91 Å².